The van der Waals surface area contributed by atoms with Crippen molar-refractivity contribution in [3.63, 3.8) is 0 Å². The zero-order valence-corrected chi connectivity index (χ0v) is 10.6. The smallest absolute Gasteiger partial charge is 0.306 e. The van der Waals surface area contributed by atoms with E-state index in [2.05, 4.69) is 12.1 Å². The van der Waals surface area contributed by atoms with E-state index in [1.54, 1.807) is 7.11 Å². The van der Waals surface area contributed by atoms with Crippen molar-refractivity contribution < 1.29 is 14.6 Å². The van der Waals surface area contributed by atoms with Crippen molar-refractivity contribution in [2.75, 3.05) is 7.11 Å². The van der Waals surface area contributed by atoms with Crippen LogP contribution in [-0.2, 0) is 4.79 Å². The number of aliphatic carboxylic acids is 1. The van der Waals surface area contributed by atoms with Crippen molar-refractivity contribution in [1.82, 2.24) is 0 Å². The summed E-state index contributed by atoms with van der Waals surface area (Å²) in [7, 11) is 1.67. The summed E-state index contributed by atoms with van der Waals surface area (Å²) in [5, 5.41) is 8.91. The summed E-state index contributed by atoms with van der Waals surface area (Å²) >= 11 is 0. The summed E-state index contributed by atoms with van der Waals surface area (Å²) < 4.78 is 5.15. The molecule has 3 heteroatoms. The lowest BCUT2D eigenvalue weighted by molar-refractivity contribution is -0.155. The molecule has 1 spiro atoms. The van der Waals surface area contributed by atoms with Gasteiger partial charge < -0.3 is 9.84 Å². The van der Waals surface area contributed by atoms with E-state index < -0.39 is 5.97 Å². The maximum absolute atomic E-state index is 10.8. The maximum Gasteiger partial charge on any atom is 0.306 e. The molecule has 1 aromatic carbocycles. The van der Waals surface area contributed by atoms with Crippen LogP contribution in [0.15, 0.2) is 24.3 Å². The van der Waals surface area contributed by atoms with Gasteiger partial charge in [0.2, 0.25) is 0 Å². The molecule has 0 aliphatic heterocycles. The highest BCUT2D eigenvalue weighted by molar-refractivity contribution is 5.71. The highest BCUT2D eigenvalue weighted by atomic mass is 16.5. The average Bonchev–Trinajstić information content (AvgIpc) is 2.25. The molecule has 3 rings (SSSR count). The van der Waals surface area contributed by atoms with Crippen LogP contribution in [0.5, 0.6) is 5.75 Å². The first kappa shape index (κ1) is 11.6. The monoisotopic (exact) mass is 246 g/mol. The van der Waals surface area contributed by atoms with Gasteiger partial charge in [-0.25, -0.2) is 0 Å². The molecule has 0 aromatic heterocycles. The lowest BCUT2D eigenvalue weighted by Gasteiger charge is -2.57. The second-order valence-electron chi connectivity index (χ2n) is 5.82. The van der Waals surface area contributed by atoms with Crippen molar-refractivity contribution in [3.05, 3.63) is 29.8 Å². The third kappa shape index (κ3) is 1.78. The molecule has 0 amide bonds. The van der Waals surface area contributed by atoms with Gasteiger partial charge in [0.05, 0.1) is 13.0 Å². The predicted molar refractivity (Wildman–Crippen MR) is 67.8 cm³/mol. The summed E-state index contributed by atoms with van der Waals surface area (Å²) in [5.74, 6) is 0.809. The van der Waals surface area contributed by atoms with Gasteiger partial charge in [-0.3, -0.25) is 4.79 Å². The molecule has 1 N–H and O–H groups in total. The van der Waals surface area contributed by atoms with Crippen LogP contribution >= 0.6 is 0 Å². The molecule has 0 radical (unpaired) electrons. The Kier molecular flexibility index (Phi) is 2.58. The van der Waals surface area contributed by atoms with Gasteiger partial charge in [0.25, 0.3) is 0 Å². The van der Waals surface area contributed by atoms with E-state index in [0.29, 0.717) is 11.3 Å². The molecule has 2 saturated carbocycles. The molecular formula is C15H18O3. The number of carboxylic acid groups (broad SMARTS) is 1. The minimum Gasteiger partial charge on any atom is -0.497 e. The lowest BCUT2D eigenvalue weighted by atomic mass is 9.47. The van der Waals surface area contributed by atoms with Gasteiger partial charge in [-0.15, -0.1) is 0 Å². The number of carboxylic acids is 1. The van der Waals surface area contributed by atoms with Gasteiger partial charge >= 0.3 is 5.97 Å². The topological polar surface area (TPSA) is 46.5 Å². The lowest BCUT2D eigenvalue weighted by Crippen LogP contribution is -2.48. The molecule has 2 aliphatic rings. The van der Waals surface area contributed by atoms with E-state index in [1.165, 1.54) is 5.56 Å². The Bertz CT molecular complexity index is 449. The Morgan fingerprint density at radius 1 is 1.22 bits per heavy atom. The summed E-state index contributed by atoms with van der Waals surface area (Å²) in [6.07, 6.45) is 4.08. The molecule has 2 fully saturated rings. The third-order valence-corrected chi connectivity index (χ3v) is 4.65. The SMILES string of the molecule is COc1ccc(C2CC3(CC(C(=O)O)C3)C2)cc1. The zero-order chi connectivity index (χ0) is 12.8. The highest BCUT2D eigenvalue weighted by Gasteiger charge is 2.54. The average molecular weight is 246 g/mol. The fraction of sp³-hybridized carbons (Fsp3) is 0.533. The van der Waals surface area contributed by atoms with Crippen molar-refractivity contribution in [2.45, 2.75) is 31.6 Å². The molecule has 0 saturated heterocycles. The van der Waals surface area contributed by atoms with Crippen LogP contribution in [0.25, 0.3) is 0 Å². The minimum atomic E-state index is -0.617. The molecule has 0 bridgehead atoms. The van der Waals surface area contributed by atoms with Gasteiger partial charge in [0.15, 0.2) is 0 Å². The first-order chi connectivity index (χ1) is 8.62. The second kappa shape index (κ2) is 4.01. The number of ether oxygens (including phenoxy) is 1. The molecular weight excluding hydrogens is 228 g/mol. The first-order valence-electron chi connectivity index (χ1n) is 6.49. The molecule has 0 unspecified atom stereocenters. The van der Waals surface area contributed by atoms with E-state index in [-0.39, 0.29) is 5.92 Å². The molecule has 96 valence electrons. The Hall–Kier alpha value is -1.51. The van der Waals surface area contributed by atoms with Gasteiger partial charge in [-0.1, -0.05) is 12.1 Å². The normalized spacial score (nSPS) is 33.6. The molecule has 1 aromatic rings. The number of hydrogen-bond donors (Lipinski definition) is 1. The minimum absolute atomic E-state index is 0.0817. The third-order valence-electron chi connectivity index (χ3n) is 4.65. The van der Waals surface area contributed by atoms with Crippen LogP contribution in [0.2, 0.25) is 0 Å². The first-order valence-corrected chi connectivity index (χ1v) is 6.49. The van der Waals surface area contributed by atoms with Crippen LogP contribution in [0.4, 0.5) is 0 Å². The van der Waals surface area contributed by atoms with Gasteiger partial charge in [0, 0.05) is 0 Å². The van der Waals surface area contributed by atoms with Gasteiger partial charge in [-0.05, 0) is 54.7 Å². The number of benzene rings is 1. The standard InChI is InChI=1S/C15H18O3/c1-18-13-4-2-10(3-5-13)11-6-15(7-11)8-12(9-15)14(16)17/h2-5,11-12H,6-9H2,1H3,(H,16,17). The summed E-state index contributed by atoms with van der Waals surface area (Å²) in [4.78, 5) is 10.8. The van der Waals surface area contributed by atoms with Crippen LogP contribution in [0, 0.1) is 11.3 Å². The number of rotatable bonds is 3. The number of hydrogen-bond acceptors (Lipinski definition) is 2. The van der Waals surface area contributed by atoms with Crippen LogP contribution < -0.4 is 4.74 Å². The fourth-order valence-electron chi connectivity index (χ4n) is 3.59. The maximum atomic E-state index is 10.8. The zero-order valence-electron chi connectivity index (χ0n) is 10.6. The number of methoxy groups -OCH3 is 1. The Balaban J connectivity index is 1.57. The quantitative estimate of drug-likeness (QED) is 0.891. The molecule has 0 atom stereocenters. The van der Waals surface area contributed by atoms with E-state index in [9.17, 15) is 4.79 Å². The van der Waals surface area contributed by atoms with E-state index in [1.807, 2.05) is 12.1 Å². The van der Waals surface area contributed by atoms with Crippen molar-refractivity contribution >= 4 is 5.97 Å². The van der Waals surface area contributed by atoms with Crippen LogP contribution in [-0.4, -0.2) is 18.2 Å². The van der Waals surface area contributed by atoms with Gasteiger partial charge in [0.1, 0.15) is 5.75 Å². The second-order valence-corrected chi connectivity index (χ2v) is 5.82. The van der Waals surface area contributed by atoms with Crippen molar-refractivity contribution in [1.29, 1.82) is 0 Å². The summed E-state index contributed by atoms with van der Waals surface area (Å²) in [6.45, 7) is 0. The predicted octanol–water partition coefficient (Wildman–Crippen LogP) is 3.05. The summed E-state index contributed by atoms with van der Waals surface area (Å²) in [5.41, 5.74) is 1.72. The molecule has 3 nitrogen and oxygen atoms in total. The molecule has 0 heterocycles. The largest absolute Gasteiger partial charge is 0.497 e. The Labute approximate surface area is 107 Å². The molecule has 18 heavy (non-hydrogen) atoms. The fourth-order valence-corrected chi connectivity index (χ4v) is 3.59. The van der Waals surface area contributed by atoms with Crippen molar-refractivity contribution in [3.8, 4) is 5.75 Å². The van der Waals surface area contributed by atoms with Crippen LogP contribution in [0.1, 0.15) is 37.2 Å². The van der Waals surface area contributed by atoms with E-state index in [4.69, 9.17) is 9.84 Å². The van der Waals surface area contributed by atoms with E-state index in [0.717, 1.165) is 31.4 Å². The highest BCUT2D eigenvalue weighted by Crippen LogP contribution is 2.64. The summed E-state index contributed by atoms with van der Waals surface area (Å²) in [6, 6.07) is 8.26. The Morgan fingerprint density at radius 3 is 2.33 bits per heavy atom. The van der Waals surface area contributed by atoms with Crippen LogP contribution in [0.3, 0.4) is 0 Å². The van der Waals surface area contributed by atoms with Crippen molar-refractivity contribution in [2.24, 2.45) is 11.3 Å². The van der Waals surface area contributed by atoms with E-state index >= 15 is 0 Å². The number of carbonyl (C=O) groups is 1. The van der Waals surface area contributed by atoms with Gasteiger partial charge in [-0.2, -0.15) is 0 Å². The Morgan fingerprint density at radius 2 is 1.83 bits per heavy atom. The molecule has 2 aliphatic carbocycles.